The standard InChI is InChI=1S/C18H19N3O2S/c1-10-19-17(16-12-5-4-6-15(12)24-18(16)20-10)21-13-9-11(22-2)7-8-14(13)23-3/h7-9H,4-6H2,1-3H3,(H,19,20,21). The van der Waals surface area contributed by atoms with E-state index in [-0.39, 0.29) is 0 Å². The molecule has 1 aliphatic rings. The van der Waals surface area contributed by atoms with Crippen LogP contribution in [0.15, 0.2) is 18.2 Å². The van der Waals surface area contributed by atoms with Crippen LogP contribution in [0.2, 0.25) is 0 Å². The fraction of sp³-hybridized carbons (Fsp3) is 0.333. The van der Waals surface area contributed by atoms with Gasteiger partial charge in [-0.1, -0.05) is 0 Å². The van der Waals surface area contributed by atoms with E-state index in [9.17, 15) is 0 Å². The number of anilines is 2. The molecular formula is C18H19N3O2S. The Labute approximate surface area is 144 Å². The van der Waals surface area contributed by atoms with Gasteiger partial charge in [-0.05, 0) is 43.9 Å². The molecule has 0 aliphatic heterocycles. The largest absolute Gasteiger partial charge is 0.497 e. The van der Waals surface area contributed by atoms with Crippen LogP contribution in [0.1, 0.15) is 22.7 Å². The first-order valence-corrected chi connectivity index (χ1v) is 8.79. The molecule has 3 aromatic rings. The van der Waals surface area contributed by atoms with E-state index in [4.69, 9.17) is 9.47 Å². The molecule has 0 atom stereocenters. The van der Waals surface area contributed by atoms with E-state index in [0.717, 1.165) is 51.9 Å². The van der Waals surface area contributed by atoms with Gasteiger partial charge in [0.15, 0.2) is 0 Å². The molecule has 0 bridgehead atoms. The zero-order valence-corrected chi connectivity index (χ0v) is 14.8. The molecule has 0 radical (unpaired) electrons. The van der Waals surface area contributed by atoms with Crippen LogP contribution in [0, 0.1) is 6.92 Å². The molecule has 0 amide bonds. The van der Waals surface area contributed by atoms with Crippen LogP contribution >= 0.6 is 11.3 Å². The van der Waals surface area contributed by atoms with Gasteiger partial charge in [-0.25, -0.2) is 9.97 Å². The van der Waals surface area contributed by atoms with Crippen molar-refractivity contribution in [1.29, 1.82) is 0 Å². The minimum Gasteiger partial charge on any atom is -0.497 e. The minimum atomic E-state index is 0.757. The number of nitrogens with zero attached hydrogens (tertiary/aromatic N) is 2. The van der Waals surface area contributed by atoms with Gasteiger partial charge < -0.3 is 14.8 Å². The molecule has 4 rings (SSSR count). The number of ether oxygens (including phenoxy) is 2. The first kappa shape index (κ1) is 15.2. The Morgan fingerprint density at radius 3 is 2.79 bits per heavy atom. The molecule has 124 valence electrons. The number of nitrogens with one attached hydrogen (secondary N) is 1. The van der Waals surface area contributed by atoms with Crippen LogP contribution in [-0.2, 0) is 12.8 Å². The summed E-state index contributed by atoms with van der Waals surface area (Å²) in [5.74, 6) is 3.15. The molecule has 1 aromatic carbocycles. The third-order valence-electron chi connectivity index (χ3n) is 4.34. The van der Waals surface area contributed by atoms with Crippen LogP contribution < -0.4 is 14.8 Å². The Morgan fingerprint density at radius 1 is 1.12 bits per heavy atom. The fourth-order valence-corrected chi connectivity index (χ4v) is 4.54. The Morgan fingerprint density at radius 2 is 2.00 bits per heavy atom. The van der Waals surface area contributed by atoms with Crippen LogP contribution in [0.25, 0.3) is 10.2 Å². The topological polar surface area (TPSA) is 56.3 Å². The van der Waals surface area contributed by atoms with E-state index in [1.54, 1.807) is 25.6 Å². The quantitative estimate of drug-likeness (QED) is 0.769. The van der Waals surface area contributed by atoms with Crippen molar-refractivity contribution in [2.24, 2.45) is 0 Å². The molecule has 1 aliphatic carbocycles. The smallest absolute Gasteiger partial charge is 0.143 e. The third kappa shape index (κ3) is 2.47. The Kier molecular flexibility index (Phi) is 3.76. The lowest BCUT2D eigenvalue weighted by molar-refractivity contribution is 0.405. The highest BCUT2D eigenvalue weighted by Gasteiger charge is 2.22. The van der Waals surface area contributed by atoms with Crippen molar-refractivity contribution >= 4 is 33.1 Å². The van der Waals surface area contributed by atoms with E-state index >= 15 is 0 Å². The zero-order valence-electron chi connectivity index (χ0n) is 14.0. The van der Waals surface area contributed by atoms with Crippen molar-refractivity contribution in [1.82, 2.24) is 9.97 Å². The first-order valence-electron chi connectivity index (χ1n) is 7.97. The summed E-state index contributed by atoms with van der Waals surface area (Å²) in [7, 11) is 3.32. The third-order valence-corrected chi connectivity index (χ3v) is 5.52. The molecular weight excluding hydrogens is 322 g/mol. The van der Waals surface area contributed by atoms with E-state index in [1.165, 1.54) is 16.9 Å². The van der Waals surface area contributed by atoms with E-state index in [2.05, 4.69) is 15.3 Å². The maximum absolute atomic E-state index is 5.47. The maximum Gasteiger partial charge on any atom is 0.143 e. The summed E-state index contributed by atoms with van der Waals surface area (Å²) in [4.78, 5) is 11.8. The number of aromatic nitrogens is 2. The molecule has 0 unspecified atom stereocenters. The second-order valence-electron chi connectivity index (χ2n) is 5.85. The van der Waals surface area contributed by atoms with Gasteiger partial charge in [-0.15, -0.1) is 11.3 Å². The Hall–Kier alpha value is -2.34. The SMILES string of the molecule is COc1ccc(OC)c(Nc2nc(C)nc3sc4c(c23)CCC4)c1. The zero-order chi connectivity index (χ0) is 16.7. The second kappa shape index (κ2) is 5.94. The van der Waals surface area contributed by atoms with Gasteiger partial charge in [0.05, 0.1) is 25.3 Å². The molecule has 5 nitrogen and oxygen atoms in total. The number of aryl methyl sites for hydroxylation is 3. The van der Waals surface area contributed by atoms with Gasteiger partial charge in [-0.2, -0.15) is 0 Å². The molecule has 6 heteroatoms. The lowest BCUT2D eigenvalue weighted by Crippen LogP contribution is -2.01. The van der Waals surface area contributed by atoms with E-state index in [0.29, 0.717) is 0 Å². The summed E-state index contributed by atoms with van der Waals surface area (Å²) in [6, 6.07) is 5.70. The molecule has 0 spiro atoms. The average molecular weight is 341 g/mol. The predicted molar refractivity (Wildman–Crippen MR) is 97.0 cm³/mol. The van der Waals surface area contributed by atoms with Crippen molar-refractivity contribution in [2.75, 3.05) is 19.5 Å². The summed E-state index contributed by atoms with van der Waals surface area (Å²) < 4.78 is 10.8. The van der Waals surface area contributed by atoms with Gasteiger partial charge in [0.25, 0.3) is 0 Å². The summed E-state index contributed by atoms with van der Waals surface area (Å²) in [5.41, 5.74) is 2.24. The van der Waals surface area contributed by atoms with Gasteiger partial charge in [0, 0.05) is 10.9 Å². The molecule has 0 saturated heterocycles. The predicted octanol–water partition coefficient (Wildman–Crippen LogP) is 4.25. The van der Waals surface area contributed by atoms with Crippen LogP contribution in [0.5, 0.6) is 11.5 Å². The molecule has 0 saturated carbocycles. The number of rotatable bonds is 4. The molecule has 2 aromatic heterocycles. The fourth-order valence-electron chi connectivity index (χ4n) is 3.23. The highest BCUT2D eigenvalue weighted by atomic mass is 32.1. The summed E-state index contributed by atoms with van der Waals surface area (Å²) in [6.45, 7) is 1.93. The summed E-state index contributed by atoms with van der Waals surface area (Å²) in [5, 5.41) is 4.60. The van der Waals surface area contributed by atoms with Crippen molar-refractivity contribution in [3.05, 3.63) is 34.5 Å². The number of hydrogen-bond donors (Lipinski definition) is 1. The normalized spacial score (nSPS) is 13.1. The second-order valence-corrected chi connectivity index (χ2v) is 6.93. The number of benzene rings is 1. The highest BCUT2D eigenvalue weighted by Crippen LogP contribution is 2.41. The number of hydrogen-bond acceptors (Lipinski definition) is 6. The van der Waals surface area contributed by atoms with Gasteiger partial charge in [-0.3, -0.25) is 0 Å². The number of methoxy groups -OCH3 is 2. The van der Waals surface area contributed by atoms with Crippen LogP contribution in [-0.4, -0.2) is 24.2 Å². The molecule has 2 heterocycles. The minimum absolute atomic E-state index is 0.757. The van der Waals surface area contributed by atoms with Gasteiger partial charge in [0.2, 0.25) is 0 Å². The Bertz CT molecular complexity index is 920. The average Bonchev–Trinajstić information content (AvgIpc) is 3.14. The lowest BCUT2D eigenvalue weighted by Gasteiger charge is -2.13. The van der Waals surface area contributed by atoms with E-state index in [1.807, 2.05) is 25.1 Å². The lowest BCUT2D eigenvalue weighted by atomic mass is 10.2. The molecule has 24 heavy (non-hydrogen) atoms. The van der Waals surface area contributed by atoms with E-state index < -0.39 is 0 Å². The maximum atomic E-state index is 5.47. The monoisotopic (exact) mass is 341 g/mol. The van der Waals surface area contributed by atoms with Crippen LogP contribution in [0.3, 0.4) is 0 Å². The van der Waals surface area contributed by atoms with Gasteiger partial charge >= 0.3 is 0 Å². The molecule has 1 N–H and O–H groups in total. The highest BCUT2D eigenvalue weighted by molar-refractivity contribution is 7.19. The summed E-state index contributed by atoms with van der Waals surface area (Å²) >= 11 is 1.80. The first-order chi connectivity index (χ1) is 11.7. The summed E-state index contributed by atoms with van der Waals surface area (Å²) in [6.07, 6.45) is 3.47. The molecule has 0 fully saturated rings. The van der Waals surface area contributed by atoms with Crippen molar-refractivity contribution in [3.8, 4) is 11.5 Å². The number of fused-ring (bicyclic) bond motifs is 3. The number of thiophene rings is 1. The van der Waals surface area contributed by atoms with Crippen molar-refractivity contribution in [2.45, 2.75) is 26.2 Å². The van der Waals surface area contributed by atoms with Crippen LogP contribution in [0.4, 0.5) is 11.5 Å². The van der Waals surface area contributed by atoms with Crippen molar-refractivity contribution < 1.29 is 9.47 Å². The Balaban J connectivity index is 1.85. The van der Waals surface area contributed by atoms with Crippen molar-refractivity contribution in [3.63, 3.8) is 0 Å². The van der Waals surface area contributed by atoms with Gasteiger partial charge in [0.1, 0.15) is 28.0 Å².